The molecule has 0 radical (unpaired) electrons. The molecule has 1 atom stereocenters. The van der Waals surface area contributed by atoms with Crippen molar-refractivity contribution >= 4 is 5.91 Å². The minimum Gasteiger partial charge on any atom is -0.496 e. The fourth-order valence-corrected chi connectivity index (χ4v) is 3.21. The molecule has 2 saturated heterocycles. The van der Waals surface area contributed by atoms with Crippen LogP contribution in [0.15, 0.2) is 18.2 Å². The molecule has 1 aromatic carbocycles. The zero-order valence-electron chi connectivity index (χ0n) is 13.2. The van der Waals surface area contributed by atoms with E-state index < -0.39 is 0 Å². The predicted molar refractivity (Wildman–Crippen MR) is 82.1 cm³/mol. The lowest BCUT2D eigenvalue weighted by Crippen LogP contribution is -2.50. The van der Waals surface area contributed by atoms with Crippen molar-refractivity contribution < 1.29 is 19.0 Å². The van der Waals surface area contributed by atoms with Crippen molar-refractivity contribution in [1.29, 1.82) is 0 Å². The summed E-state index contributed by atoms with van der Waals surface area (Å²) < 4.78 is 16.6. The summed E-state index contributed by atoms with van der Waals surface area (Å²) in [7, 11) is 1.63. The number of amides is 1. The van der Waals surface area contributed by atoms with E-state index in [1.165, 1.54) is 0 Å². The zero-order chi connectivity index (χ0) is 15.5. The molecule has 22 heavy (non-hydrogen) atoms. The monoisotopic (exact) mass is 305 g/mol. The maximum absolute atomic E-state index is 12.9. The Kier molecular flexibility index (Phi) is 4.64. The molecule has 120 valence electrons. The average molecular weight is 305 g/mol. The van der Waals surface area contributed by atoms with Gasteiger partial charge in [0.2, 0.25) is 0 Å². The van der Waals surface area contributed by atoms with Gasteiger partial charge in [0.15, 0.2) is 6.29 Å². The minimum atomic E-state index is -0.281. The summed E-state index contributed by atoms with van der Waals surface area (Å²) >= 11 is 0. The van der Waals surface area contributed by atoms with Crippen molar-refractivity contribution in [2.24, 2.45) is 0 Å². The van der Waals surface area contributed by atoms with Crippen LogP contribution in [0.25, 0.3) is 0 Å². The van der Waals surface area contributed by atoms with Gasteiger partial charge in [-0.3, -0.25) is 4.79 Å². The van der Waals surface area contributed by atoms with Crippen LogP contribution in [0.5, 0.6) is 5.75 Å². The van der Waals surface area contributed by atoms with Crippen LogP contribution in [-0.4, -0.2) is 50.0 Å². The predicted octanol–water partition coefficient (Wildman–Crippen LogP) is 2.37. The van der Waals surface area contributed by atoms with Crippen LogP contribution in [0.2, 0.25) is 0 Å². The Hall–Kier alpha value is -1.59. The van der Waals surface area contributed by atoms with Crippen molar-refractivity contribution in [1.82, 2.24) is 4.90 Å². The summed E-state index contributed by atoms with van der Waals surface area (Å²) in [5.74, 6) is 0.773. The number of hydrogen-bond donors (Lipinski definition) is 0. The maximum atomic E-state index is 12.9. The summed E-state index contributed by atoms with van der Waals surface area (Å²) in [6.07, 6.45) is 2.78. The van der Waals surface area contributed by atoms with Gasteiger partial charge in [0.1, 0.15) is 5.75 Å². The van der Waals surface area contributed by atoms with Crippen LogP contribution in [0, 0.1) is 6.92 Å². The lowest BCUT2D eigenvalue weighted by Gasteiger charge is -2.38. The Labute approximate surface area is 131 Å². The number of nitrogens with zero attached hydrogens (tertiary/aromatic N) is 1. The second-order valence-corrected chi connectivity index (χ2v) is 5.86. The fraction of sp³-hybridized carbons (Fsp3) is 0.588. The molecule has 0 spiro atoms. The molecular weight excluding hydrogens is 282 g/mol. The molecular formula is C17H23NO4. The Morgan fingerprint density at radius 3 is 2.77 bits per heavy atom. The largest absolute Gasteiger partial charge is 0.496 e. The second kappa shape index (κ2) is 6.67. The van der Waals surface area contributed by atoms with Crippen LogP contribution < -0.4 is 4.74 Å². The summed E-state index contributed by atoms with van der Waals surface area (Å²) in [6.45, 7) is 3.95. The number of likely N-dealkylation sites (tertiary alicyclic amines) is 1. The van der Waals surface area contributed by atoms with Crippen LogP contribution in [-0.2, 0) is 9.47 Å². The Morgan fingerprint density at radius 2 is 2.05 bits per heavy atom. The number of carbonyl (C=O) groups is 1. The lowest BCUT2D eigenvalue weighted by molar-refractivity contribution is -0.100. The molecule has 2 fully saturated rings. The molecule has 2 heterocycles. The molecule has 0 N–H and O–H groups in total. The van der Waals surface area contributed by atoms with Gasteiger partial charge < -0.3 is 19.1 Å². The van der Waals surface area contributed by atoms with Crippen molar-refractivity contribution in [2.75, 3.05) is 26.9 Å². The van der Waals surface area contributed by atoms with Gasteiger partial charge in [0, 0.05) is 12.1 Å². The third kappa shape index (κ3) is 2.96. The van der Waals surface area contributed by atoms with E-state index >= 15 is 0 Å². The highest BCUT2D eigenvalue weighted by Crippen LogP contribution is 2.27. The zero-order valence-corrected chi connectivity index (χ0v) is 13.2. The number of hydrogen-bond acceptors (Lipinski definition) is 4. The van der Waals surface area contributed by atoms with Gasteiger partial charge in [-0.25, -0.2) is 0 Å². The number of benzene rings is 1. The molecule has 0 bridgehead atoms. The molecule has 5 nitrogen and oxygen atoms in total. The van der Waals surface area contributed by atoms with Gasteiger partial charge in [-0.1, -0.05) is 6.07 Å². The Bertz CT molecular complexity index is 539. The van der Waals surface area contributed by atoms with Gasteiger partial charge in [0.25, 0.3) is 5.91 Å². The number of carbonyl (C=O) groups excluding carboxylic acids is 1. The maximum Gasteiger partial charge on any atom is 0.254 e. The van der Waals surface area contributed by atoms with Gasteiger partial charge >= 0.3 is 0 Å². The third-order valence-electron chi connectivity index (χ3n) is 4.43. The van der Waals surface area contributed by atoms with Gasteiger partial charge in [-0.2, -0.15) is 0 Å². The van der Waals surface area contributed by atoms with E-state index in [1.807, 2.05) is 30.0 Å². The number of piperidine rings is 1. The van der Waals surface area contributed by atoms with E-state index in [9.17, 15) is 4.79 Å². The van der Waals surface area contributed by atoms with Gasteiger partial charge in [0.05, 0.1) is 26.4 Å². The SMILES string of the molecule is COc1cc(C(=O)N2CCCC[C@H]2C2OCCO2)ccc1C. The van der Waals surface area contributed by atoms with Crippen LogP contribution >= 0.6 is 0 Å². The molecule has 0 aliphatic carbocycles. The molecule has 2 aliphatic heterocycles. The molecule has 1 amide bonds. The normalized spacial score (nSPS) is 22.8. The van der Waals surface area contributed by atoms with Crippen LogP contribution in [0.1, 0.15) is 35.2 Å². The first kappa shape index (κ1) is 15.3. The summed E-state index contributed by atoms with van der Waals surface area (Å²) in [5, 5.41) is 0. The highest BCUT2D eigenvalue weighted by atomic mass is 16.7. The van der Waals surface area contributed by atoms with E-state index in [0.717, 1.165) is 37.1 Å². The highest BCUT2D eigenvalue weighted by Gasteiger charge is 2.36. The second-order valence-electron chi connectivity index (χ2n) is 5.86. The molecule has 5 heteroatoms. The standard InChI is InChI=1S/C17H23NO4/c1-12-6-7-13(11-15(12)20-2)16(19)18-8-4-3-5-14(18)17-21-9-10-22-17/h6-7,11,14,17H,3-5,8-10H2,1-2H3/t14-/m0/s1. The van der Waals surface area contributed by atoms with E-state index in [1.54, 1.807) is 7.11 Å². The molecule has 3 rings (SSSR count). The third-order valence-corrected chi connectivity index (χ3v) is 4.43. The first-order chi connectivity index (χ1) is 10.7. The Morgan fingerprint density at radius 1 is 1.27 bits per heavy atom. The molecule has 1 aromatic rings. The average Bonchev–Trinajstić information content (AvgIpc) is 3.09. The van der Waals surface area contributed by atoms with E-state index in [4.69, 9.17) is 14.2 Å². The van der Waals surface area contributed by atoms with Crippen LogP contribution in [0.3, 0.4) is 0 Å². The van der Waals surface area contributed by atoms with Crippen molar-refractivity contribution in [3.05, 3.63) is 29.3 Å². The highest BCUT2D eigenvalue weighted by molar-refractivity contribution is 5.95. The summed E-state index contributed by atoms with van der Waals surface area (Å²) in [6, 6.07) is 5.62. The topological polar surface area (TPSA) is 48.0 Å². The van der Waals surface area contributed by atoms with Crippen molar-refractivity contribution in [3.8, 4) is 5.75 Å². The molecule has 0 unspecified atom stereocenters. The van der Waals surface area contributed by atoms with E-state index in [2.05, 4.69) is 0 Å². The smallest absolute Gasteiger partial charge is 0.254 e. The molecule has 2 aliphatic rings. The first-order valence-corrected chi connectivity index (χ1v) is 7.89. The van der Waals surface area contributed by atoms with E-state index in [0.29, 0.717) is 18.8 Å². The Balaban J connectivity index is 1.82. The number of ether oxygens (including phenoxy) is 3. The quantitative estimate of drug-likeness (QED) is 0.860. The summed E-state index contributed by atoms with van der Waals surface area (Å²) in [4.78, 5) is 14.8. The minimum absolute atomic E-state index is 0.0102. The molecule has 0 aromatic heterocycles. The van der Waals surface area contributed by atoms with Gasteiger partial charge in [-0.05, 0) is 43.9 Å². The lowest BCUT2D eigenvalue weighted by atomic mass is 10.00. The fourth-order valence-electron chi connectivity index (χ4n) is 3.21. The van der Waals surface area contributed by atoms with Crippen molar-refractivity contribution in [3.63, 3.8) is 0 Å². The number of aryl methyl sites for hydroxylation is 1. The summed E-state index contributed by atoms with van der Waals surface area (Å²) in [5.41, 5.74) is 1.68. The van der Waals surface area contributed by atoms with Crippen LogP contribution in [0.4, 0.5) is 0 Å². The van der Waals surface area contributed by atoms with Gasteiger partial charge in [-0.15, -0.1) is 0 Å². The van der Waals surface area contributed by atoms with E-state index in [-0.39, 0.29) is 18.2 Å². The first-order valence-electron chi connectivity index (χ1n) is 7.89. The number of rotatable bonds is 3. The van der Waals surface area contributed by atoms with Crippen molar-refractivity contribution in [2.45, 2.75) is 38.5 Å². The number of methoxy groups -OCH3 is 1. The molecule has 0 saturated carbocycles.